The van der Waals surface area contributed by atoms with E-state index in [9.17, 15) is 23.1 Å². The van der Waals surface area contributed by atoms with Gasteiger partial charge in [-0.1, -0.05) is 0 Å². The van der Waals surface area contributed by atoms with E-state index < -0.39 is 24.4 Å². The summed E-state index contributed by atoms with van der Waals surface area (Å²) in [5, 5.41) is 25.6. The first kappa shape index (κ1) is 10.2. The van der Waals surface area contributed by atoms with Crippen molar-refractivity contribution in [3.63, 3.8) is 0 Å². The average molecular weight is 173 g/mol. The zero-order valence-electron chi connectivity index (χ0n) is 5.05. The molecular formula is C4H4F3O4-. The first-order valence-corrected chi connectivity index (χ1v) is 2.38. The van der Waals surface area contributed by atoms with Crippen molar-refractivity contribution in [1.29, 1.82) is 0 Å². The van der Waals surface area contributed by atoms with Gasteiger partial charge in [0.05, 0.1) is 6.42 Å². The van der Waals surface area contributed by atoms with Crippen LogP contribution in [0, 0.1) is 0 Å². The third-order valence-electron chi connectivity index (χ3n) is 0.845. The van der Waals surface area contributed by atoms with Crippen LogP contribution < -0.4 is 5.11 Å². The van der Waals surface area contributed by atoms with Crippen molar-refractivity contribution in [1.82, 2.24) is 0 Å². The number of halogens is 3. The summed E-state index contributed by atoms with van der Waals surface area (Å²) in [6.07, 6.45) is -7.27. The van der Waals surface area contributed by atoms with Crippen molar-refractivity contribution >= 4 is 5.97 Å². The number of carboxylic acids is 1. The molecule has 0 atom stereocenters. The third-order valence-corrected chi connectivity index (χ3v) is 0.845. The summed E-state index contributed by atoms with van der Waals surface area (Å²) in [5.74, 6) is -6.39. The summed E-state index contributed by atoms with van der Waals surface area (Å²) in [6, 6.07) is 0. The molecule has 2 N–H and O–H groups in total. The predicted octanol–water partition coefficient (Wildman–Crippen LogP) is -1.63. The van der Waals surface area contributed by atoms with E-state index >= 15 is 0 Å². The molecule has 0 saturated heterocycles. The molecule has 0 rings (SSSR count). The summed E-state index contributed by atoms with van der Waals surface area (Å²) in [7, 11) is 0. The van der Waals surface area contributed by atoms with Crippen molar-refractivity contribution < 1.29 is 33.3 Å². The number of carbonyl (C=O) groups excluding carboxylic acids is 1. The van der Waals surface area contributed by atoms with E-state index in [1.807, 2.05) is 0 Å². The van der Waals surface area contributed by atoms with Crippen molar-refractivity contribution in [2.24, 2.45) is 0 Å². The quantitative estimate of drug-likeness (QED) is 0.491. The Morgan fingerprint density at radius 1 is 1.36 bits per heavy atom. The van der Waals surface area contributed by atoms with Crippen LogP contribution in [0.5, 0.6) is 0 Å². The number of carboxylic acid groups (broad SMARTS) is 1. The molecule has 0 aliphatic carbocycles. The number of carbonyl (C=O) groups is 1. The van der Waals surface area contributed by atoms with Gasteiger partial charge in [-0.05, 0) is 0 Å². The van der Waals surface area contributed by atoms with E-state index in [1.54, 1.807) is 0 Å². The minimum atomic E-state index is -5.38. The zero-order chi connectivity index (χ0) is 9.28. The highest BCUT2D eigenvalue weighted by Crippen LogP contribution is 2.30. The minimum Gasteiger partial charge on any atom is -0.550 e. The Balaban J connectivity index is 4.34. The molecule has 0 spiro atoms. The van der Waals surface area contributed by atoms with Crippen LogP contribution in [0.3, 0.4) is 0 Å². The van der Waals surface area contributed by atoms with Crippen LogP contribution in [-0.2, 0) is 4.79 Å². The highest BCUT2D eigenvalue weighted by atomic mass is 19.4. The smallest absolute Gasteiger partial charge is 0.443 e. The fraction of sp³-hybridized carbons (Fsp3) is 0.750. The fourth-order valence-electron chi connectivity index (χ4n) is 0.301. The normalized spacial score (nSPS) is 13.2. The van der Waals surface area contributed by atoms with Gasteiger partial charge in [0.2, 0.25) is 0 Å². The van der Waals surface area contributed by atoms with Gasteiger partial charge in [0, 0.05) is 5.97 Å². The first-order valence-electron chi connectivity index (χ1n) is 2.38. The Morgan fingerprint density at radius 2 is 1.73 bits per heavy atom. The summed E-state index contributed by atoms with van der Waals surface area (Å²) >= 11 is 0. The van der Waals surface area contributed by atoms with Gasteiger partial charge in [-0.2, -0.15) is 13.2 Å². The van der Waals surface area contributed by atoms with Gasteiger partial charge in [0.25, 0.3) is 5.79 Å². The lowest BCUT2D eigenvalue weighted by Gasteiger charge is -2.24. The van der Waals surface area contributed by atoms with Gasteiger partial charge in [-0.3, -0.25) is 0 Å². The second-order valence-electron chi connectivity index (χ2n) is 1.86. The Labute approximate surface area is 58.9 Å². The zero-order valence-corrected chi connectivity index (χ0v) is 5.05. The molecule has 0 aromatic carbocycles. The maximum Gasteiger partial charge on any atom is 0.443 e. The maximum atomic E-state index is 11.4. The van der Waals surface area contributed by atoms with E-state index in [-0.39, 0.29) is 0 Å². The largest absolute Gasteiger partial charge is 0.550 e. The molecule has 0 aromatic rings. The summed E-state index contributed by atoms with van der Waals surface area (Å²) in [5.41, 5.74) is 0. The Hall–Kier alpha value is -0.820. The molecule has 0 saturated carbocycles. The fourth-order valence-corrected chi connectivity index (χ4v) is 0.301. The van der Waals surface area contributed by atoms with Crippen LogP contribution in [-0.4, -0.2) is 28.1 Å². The second-order valence-corrected chi connectivity index (χ2v) is 1.86. The number of hydrogen-bond acceptors (Lipinski definition) is 4. The number of rotatable bonds is 2. The maximum absolute atomic E-state index is 11.4. The molecule has 0 radical (unpaired) electrons. The second kappa shape index (κ2) is 2.67. The summed E-state index contributed by atoms with van der Waals surface area (Å²) in [6.45, 7) is 0. The van der Waals surface area contributed by atoms with Crippen molar-refractivity contribution in [3.05, 3.63) is 0 Å². The van der Waals surface area contributed by atoms with E-state index in [0.717, 1.165) is 0 Å². The topological polar surface area (TPSA) is 80.6 Å². The van der Waals surface area contributed by atoms with Crippen LogP contribution in [0.25, 0.3) is 0 Å². The molecule has 0 heterocycles. The first-order chi connectivity index (χ1) is 4.67. The molecular weight excluding hydrogens is 169 g/mol. The van der Waals surface area contributed by atoms with E-state index in [4.69, 9.17) is 10.2 Å². The van der Waals surface area contributed by atoms with Gasteiger partial charge in [-0.25, -0.2) is 0 Å². The van der Waals surface area contributed by atoms with Crippen LogP contribution in [0.1, 0.15) is 6.42 Å². The molecule has 0 amide bonds. The standard InChI is InChI=1S/C4H5F3O4/c5-4(6,7)3(10,11)1-2(8)9/h10-11H,1H2,(H,8,9)/p-1. The van der Waals surface area contributed by atoms with Gasteiger partial charge in [-0.15, -0.1) is 0 Å². The number of hydrogen-bond donors (Lipinski definition) is 2. The Bertz CT molecular complexity index is 161. The number of aliphatic hydroxyl groups is 2. The lowest BCUT2D eigenvalue weighted by molar-refractivity contribution is -0.366. The minimum absolute atomic E-state index is 1.89. The van der Waals surface area contributed by atoms with Crippen molar-refractivity contribution in [2.75, 3.05) is 0 Å². The Kier molecular flexibility index (Phi) is 2.47. The highest BCUT2D eigenvalue weighted by molar-refractivity contribution is 5.65. The lowest BCUT2D eigenvalue weighted by atomic mass is 10.2. The summed E-state index contributed by atoms with van der Waals surface area (Å²) < 4.78 is 34.2. The van der Waals surface area contributed by atoms with Gasteiger partial charge in [0.15, 0.2) is 0 Å². The number of aliphatic carboxylic acids is 1. The van der Waals surface area contributed by atoms with Gasteiger partial charge < -0.3 is 20.1 Å². The van der Waals surface area contributed by atoms with Crippen LogP contribution in [0.15, 0.2) is 0 Å². The van der Waals surface area contributed by atoms with E-state index in [0.29, 0.717) is 0 Å². The average Bonchev–Trinajstić information content (AvgIpc) is 1.56. The SMILES string of the molecule is O=C([O-])CC(O)(O)C(F)(F)F. The highest BCUT2D eigenvalue weighted by Gasteiger charge is 2.52. The summed E-state index contributed by atoms with van der Waals surface area (Å²) in [4.78, 5) is 9.53. The molecule has 11 heavy (non-hydrogen) atoms. The lowest BCUT2D eigenvalue weighted by Crippen LogP contribution is -2.49. The van der Waals surface area contributed by atoms with Crippen LogP contribution >= 0.6 is 0 Å². The van der Waals surface area contributed by atoms with Crippen LogP contribution in [0.4, 0.5) is 13.2 Å². The van der Waals surface area contributed by atoms with Gasteiger partial charge >= 0.3 is 6.18 Å². The molecule has 7 heteroatoms. The van der Waals surface area contributed by atoms with Gasteiger partial charge in [0.1, 0.15) is 0 Å². The Morgan fingerprint density at radius 3 is 1.82 bits per heavy atom. The number of alkyl halides is 3. The van der Waals surface area contributed by atoms with E-state index in [1.165, 1.54) is 0 Å². The molecule has 0 aliphatic rings. The predicted molar refractivity (Wildman–Crippen MR) is 22.8 cm³/mol. The molecule has 4 nitrogen and oxygen atoms in total. The van der Waals surface area contributed by atoms with Crippen LogP contribution in [0.2, 0.25) is 0 Å². The molecule has 0 aromatic heterocycles. The van der Waals surface area contributed by atoms with Crippen molar-refractivity contribution in [3.8, 4) is 0 Å². The monoisotopic (exact) mass is 173 g/mol. The van der Waals surface area contributed by atoms with E-state index in [2.05, 4.69) is 0 Å². The molecule has 0 aliphatic heterocycles. The molecule has 0 bridgehead atoms. The molecule has 0 fully saturated rings. The van der Waals surface area contributed by atoms with Crippen molar-refractivity contribution in [2.45, 2.75) is 18.4 Å². The molecule has 0 unspecified atom stereocenters. The molecule has 66 valence electrons. The third kappa shape index (κ3) is 2.72.